The first kappa shape index (κ1) is 17.6. The molecule has 22 heavy (non-hydrogen) atoms. The van der Waals surface area contributed by atoms with Crippen LogP contribution in [0.25, 0.3) is 0 Å². The number of hydrogen-bond acceptors (Lipinski definition) is 3. The summed E-state index contributed by atoms with van der Waals surface area (Å²) >= 11 is 0. The normalized spacial score (nSPS) is 13.0. The number of halogens is 5. The fourth-order valence-electron chi connectivity index (χ4n) is 1.65. The fraction of sp³-hybridized carbons (Fsp3) is 0.231. The topological polar surface area (TPSA) is 81.4 Å². The number of alkyl halides is 5. The first-order valence-corrected chi connectivity index (χ1v) is 5.72. The number of carboxylic acids is 1. The highest BCUT2D eigenvalue weighted by Crippen LogP contribution is 2.29. The Morgan fingerprint density at radius 2 is 1.82 bits per heavy atom. The molecule has 0 fully saturated rings. The maximum Gasteiger partial charge on any atom is 0.416 e. The number of rotatable bonds is 5. The van der Waals surface area contributed by atoms with E-state index in [1.54, 1.807) is 0 Å². The minimum atomic E-state index is -4.63. The van der Waals surface area contributed by atoms with Gasteiger partial charge in [-0.15, -0.1) is 0 Å². The fourth-order valence-corrected chi connectivity index (χ4v) is 1.65. The van der Waals surface area contributed by atoms with Crippen LogP contribution in [0.15, 0.2) is 35.6 Å². The van der Waals surface area contributed by atoms with Crippen LogP contribution in [0.1, 0.15) is 11.1 Å². The van der Waals surface area contributed by atoms with E-state index in [0.29, 0.717) is 6.07 Å². The summed E-state index contributed by atoms with van der Waals surface area (Å²) in [7, 11) is 0. The van der Waals surface area contributed by atoms with Gasteiger partial charge in [-0.2, -0.15) is 13.2 Å². The van der Waals surface area contributed by atoms with Crippen LogP contribution in [-0.2, 0) is 17.4 Å². The van der Waals surface area contributed by atoms with Crippen molar-refractivity contribution in [1.82, 2.24) is 0 Å². The predicted molar refractivity (Wildman–Crippen MR) is 66.2 cm³/mol. The number of aliphatic carboxylic acids is 1. The Morgan fingerprint density at radius 3 is 2.27 bits per heavy atom. The summed E-state index contributed by atoms with van der Waals surface area (Å²) in [5.41, 5.74) is -3.37. The molecule has 0 aliphatic heterocycles. The summed E-state index contributed by atoms with van der Waals surface area (Å²) in [5.74, 6) is -3.76. The molecule has 1 aromatic rings. The standard InChI is InChI=1S/C13H10F5NO3/c14-11(15)10(20)9(12(21)22)8(19)5-6-2-1-3-7(4-6)13(16,17)18/h1-4,11,19-20H,5H2,(H,21,22). The van der Waals surface area contributed by atoms with Crippen LogP contribution in [0.4, 0.5) is 22.0 Å². The van der Waals surface area contributed by atoms with Crippen molar-refractivity contribution in [3.05, 3.63) is 46.7 Å². The molecule has 0 amide bonds. The summed E-state index contributed by atoms with van der Waals surface area (Å²) in [6.45, 7) is 0. The highest BCUT2D eigenvalue weighted by molar-refractivity contribution is 6.18. The summed E-state index contributed by atoms with van der Waals surface area (Å²) in [5, 5.41) is 25.2. The first-order chi connectivity index (χ1) is 10.0. The van der Waals surface area contributed by atoms with Gasteiger partial charge in [0.25, 0.3) is 6.43 Å². The average molecular weight is 323 g/mol. The molecule has 3 N–H and O–H groups in total. The Kier molecular flexibility index (Phi) is 5.23. The molecule has 0 heterocycles. The van der Waals surface area contributed by atoms with Gasteiger partial charge in [-0.25, -0.2) is 13.6 Å². The van der Waals surface area contributed by atoms with Gasteiger partial charge in [0.1, 0.15) is 5.57 Å². The smallest absolute Gasteiger partial charge is 0.416 e. The van der Waals surface area contributed by atoms with Crippen molar-refractivity contribution in [3.63, 3.8) is 0 Å². The van der Waals surface area contributed by atoms with Gasteiger partial charge in [-0.1, -0.05) is 18.2 Å². The molecule has 0 saturated carbocycles. The second-order valence-corrected chi connectivity index (χ2v) is 4.22. The Bertz CT molecular complexity index is 622. The average Bonchev–Trinajstić information content (AvgIpc) is 2.37. The zero-order valence-electron chi connectivity index (χ0n) is 10.8. The summed E-state index contributed by atoms with van der Waals surface area (Å²) < 4.78 is 62.3. The van der Waals surface area contributed by atoms with E-state index >= 15 is 0 Å². The molecular weight excluding hydrogens is 313 g/mol. The van der Waals surface area contributed by atoms with E-state index in [0.717, 1.165) is 12.1 Å². The van der Waals surface area contributed by atoms with Crippen molar-refractivity contribution in [1.29, 1.82) is 5.41 Å². The number of hydrogen-bond donors (Lipinski definition) is 3. The zero-order valence-corrected chi connectivity index (χ0v) is 10.8. The highest BCUT2D eigenvalue weighted by Gasteiger charge is 2.31. The number of carboxylic acid groups (broad SMARTS) is 1. The van der Waals surface area contributed by atoms with Crippen molar-refractivity contribution in [2.75, 3.05) is 0 Å². The highest BCUT2D eigenvalue weighted by atomic mass is 19.4. The molecule has 0 aromatic heterocycles. The number of allylic oxidation sites excluding steroid dienone is 1. The minimum absolute atomic E-state index is 0.0966. The third-order valence-corrected chi connectivity index (χ3v) is 2.61. The lowest BCUT2D eigenvalue weighted by atomic mass is 9.99. The molecule has 0 atom stereocenters. The SMILES string of the molecule is N=C(Cc1cccc(C(F)(F)F)c1)C(C(=O)O)=C(O)C(F)F. The molecule has 1 rings (SSSR count). The van der Waals surface area contributed by atoms with Crippen molar-refractivity contribution in [2.24, 2.45) is 0 Å². The molecule has 0 radical (unpaired) electrons. The predicted octanol–water partition coefficient (Wildman–Crippen LogP) is 3.43. The Hall–Kier alpha value is -2.45. The van der Waals surface area contributed by atoms with Gasteiger partial charge in [-0.3, -0.25) is 0 Å². The monoisotopic (exact) mass is 323 g/mol. The molecule has 0 bridgehead atoms. The van der Waals surface area contributed by atoms with E-state index in [1.165, 1.54) is 6.07 Å². The van der Waals surface area contributed by atoms with Gasteiger partial charge in [-0.05, 0) is 11.6 Å². The lowest BCUT2D eigenvalue weighted by molar-refractivity contribution is -0.137. The Labute approximate surface area is 121 Å². The van der Waals surface area contributed by atoms with Crippen LogP contribution >= 0.6 is 0 Å². The molecule has 1 aromatic carbocycles. The maximum atomic E-state index is 12.5. The third-order valence-electron chi connectivity index (χ3n) is 2.61. The van der Waals surface area contributed by atoms with Crippen LogP contribution < -0.4 is 0 Å². The van der Waals surface area contributed by atoms with Crippen molar-refractivity contribution < 1.29 is 37.0 Å². The number of aliphatic hydroxyl groups excluding tert-OH is 1. The Balaban J connectivity index is 3.11. The molecule has 0 spiro atoms. The van der Waals surface area contributed by atoms with E-state index < -0.39 is 47.6 Å². The van der Waals surface area contributed by atoms with Crippen LogP contribution in [-0.4, -0.2) is 28.3 Å². The molecule has 0 unspecified atom stereocenters. The van der Waals surface area contributed by atoms with Crippen LogP contribution in [0.3, 0.4) is 0 Å². The van der Waals surface area contributed by atoms with E-state index in [1.807, 2.05) is 0 Å². The third kappa shape index (κ3) is 4.27. The number of aliphatic hydroxyl groups is 1. The molecule has 4 nitrogen and oxygen atoms in total. The number of nitrogens with one attached hydrogen (secondary N) is 1. The quantitative estimate of drug-likeness (QED) is 0.336. The van der Waals surface area contributed by atoms with Crippen LogP contribution in [0, 0.1) is 5.41 Å². The van der Waals surface area contributed by atoms with Gasteiger partial charge < -0.3 is 15.6 Å². The number of benzene rings is 1. The van der Waals surface area contributed by atoms with Crippen LogP contribution in [0.2, 0.25) is 0 Å². The van der Waals surface area contributed by atoms with Crippen molar-refractivity contribution in [2.45, 2.75) is 19.0 Å². The molecule has 0 aliphatic rings. The van der Waals surface area contributed by atoms with E-state index in [9.17, 15) is 26.7 Å². The minimum Gasteiger partial charge on any atom is -0.506 e. The zero-order chi connectivity index (χ0) is 17.1. The number of carbonyl (C=O) groups is 1. The molecular formula is C13H10F5NO3. The van der Waals surface area contributed by atoms with Gasteiger partial charge >= 0.3 is 12.1 Å². The van der Waals surface area contributed by atoms with Crippen LogP contribution in [0.5, 0.6) is 0 Å². The molecule has 0 saturated heterocycles. The molecule has 120 valence electrons. The van der Waals surface area contributed by atoms with Gasteiger partial charge in [0, 0.05) is 6.42 Å². The lowest BCUT2D eigenvalue weighted by Crippen LogP contribution is -2.19. The summed E-state index contributed by atoms with van der Waals surface area (Å²) in [6.07, 6.45) is -8.79. The van der Waals surface area contributed by atoms with E-state index in [2.05, 4.69) is 0 Å². The molecule has 9 heteroatoms. The van der Waals surface area contributed by atoms with Gasteiger partial charge in [0.2, 0.25) is 0 Å². The second-order valence-electron chi connectivity index (χ2n) is 4.22. The largest absolute Gasteiger partial charge is 0.506 e. The van der Waals surface area contributed by atoms with Crippen molar-refractivity contribution in [3.8, 4) is 0 Å². The summed E-state index contributed by atoms with van der Waals surface area (Å²) in [6, 6.07) is 3.68. The Morgan fingerprint density at radius 1 is 1.23 bits per heavy atom. The summed E-state index contributed by atoms with van der Waals surface area (Å²) in [4.78, 5) is 10.8. The first-order valence-electron chi connectivity index (χ1n) is 5.72. The van der Waals surface area contributed by atoms with Crippen molar-refractivity contribution >= 4 is 11.7 Å². The maximum absolute atomic E-state index is 12.5. The molecule has 0 aliphatic carbocycles. The lowest BCUT2D eigenvalue weighted by Gasteiger charge is -2.11. The van der Waals surface area contributed by atoms with E-state index in [4.69, 9.17) is 15.6 Å². The van der Waals surface area contributed by atoms with Gasteiger partial charge in [0.15, 0.2) is 5.76 Å². The van der Waals surface area contributed by atoms with Gasteiger partial charge in [0.05, 0.1) is 11.3 Å². The van der Waals surface area contributed by atoms with E-state index in [-0.39, 0.29) is 5.56 Å². The second kappa shape index (κ2) is 6.54.